The summed E-state index contributed by atoms with van der Waals surface area (Å²) in [5, 5.41) is 3.45. The summed E-state index contributed by atoms with van der Waals surface area (Å²) in [4.78, 5) is 9.50. The maximum atomic E-state index is 5.74. The van der Waals surface area contributed by atoms with Crippen molar-refractivity contribution in [2.75, 3.05) is 53.4 Å². The van der Waals surface area contributed by atoms with E-state index in [-0.39, 0.29) is 24.0 Å². The predicted octanol–water partition coefficient (Wildman–Crippen LogP) is 3.58. The van der Waals surface area contributed by atoms with Crippen molar-refractivity contribution in [3.63, 3.8) is 0 Å². The van der Waals surface area contributed by atoms with Crippen molar-refractivity contribution in [3.05, 3.63) is 0 Å². The molecule has 0 amide bonds. The van der Waals surface area contributed by atoms with Gasteiger partial charge in [-0.25, -0.2) is 0 Å². The molecule has 0 saturated carbocycles. The Balaban J connectivity index is 0.00000576. The monoisotopic (exact) mass is 468 g/mol. The van der Waals surface area contributed by atoms with E-state index in [0.29, 0.717) is 6.10 Å². The summed E-state index contributed by atoms with van der Waals surface area (Å²) in [6, 6.07) is 0. The van der Waals surface area contributed by atoms with Gasteiger partial charge in [-0.05, 0) is 60.2 Å². The Labute approximate surface area is 173 Å². The van der Waals surface area contributed by atoms with E-state index in [1.54, 1.807) is 0 Å². The number of halogens is 1. The van der Waals surface area contributed by atoms with Crippen LogP contribution in [0, 0.1) is 0 Å². The van der Waals surface area contributed by atoms with Crippen molar-refractivity contribution in [1.82, 2.24) is 15.1 Å². The van der Waals surface area contributed by atoms with Gasteiger partial charge in [0.25, 0.3) is 0 Å². The van der Waals surface area contributed by atoms with Crippen molar-refractivity contribution < 1.29 is 4.74 Å². The highest BCUT2D eigenvalue weighted by Gasteiger charge is 2.21. The summed E-state index contributed by atoms with van der Waals surface area (Å²) < 4.78 is 5.74. The number of piperidine rings is 1. The molecule has 0 spiro atoms. The molecule has 1 aliphatic rings. The normalized spacial score (nSPS) is 16.2. The Morgan fingerprint density at radius 3 is 2.32 bits per heavy atom. The number of rotatable bonds is 11. The number of guanidine groups is 1. The van der Waals surface area contributed by atoms with Gasteiger partial charge in [0, 0.05) is 32.8 Å². The van der Waals surface area contributed by atoms with Crippen LogP contribution >= 0.6 is 24.0 Å². The zero-order chi connectivity index (χ0) is 17.6. The molecule has 1 heterocycles. The van der Waals surface area contributed by atoms with Crippen molar-refractivity contribution in [1.29, 1.82) is 0 Å². The quantitative estimate of drug-likeness (QED) is 0.218. The summed E-state index contributed by atoms with van der Waals surface area (Å²) in [5.74, 6) is 1.10. The van der Waals surface area contributed by atoms with Gasteiger partial charge >= 0.3 is 0 Å². The molecule has 1 aliphatic heterocycles. The highest BCUT2D eigenvalue weighted by molar-refractivity contribution is 14.0. The highest BCUT2D eigenvalue weighted by Crippen LogP contribution is 2.14. The number of hydrogen-bond donors (Lipinski definition) is 1. The maximum Gasteiger partial charge on any atom is 0.193 e. The largest absolute Gasteiger partial charge is 0.378 e. The van der Waals surface area contributed by atoms with Gasteiger partial charge < -0.3 is 19.9 Å². The van der Waals surface area contributed by atoms with Gasteiger partial charge in [-0.1, -0.05) is 19.3 Å². The summed E-state index contributed by atoms with van der Waals surface area (Å²) >= 11 is 0. The summed E-state index contributed by atoms with van der Waals surface area (Å²) in [5.41, 5.74) is 0. The van der Waals surface area contributed by atoms with E-state index in [4.69, 9.17) is 9.73 Å². The first-order valence-corrected chi connectivity index (χ1v) is 9.97. The first-order valence-electron chi connectivity index (χ1n) is 9.97. The molecule has 1 fully saturated rings. The average Bonchev–Trinajstić information content (AvgIpc) is 2.57. The Morgan fingerprint density at radius 1 is 1.08 bits per heavy atom. The minimum atomic E-state index is 0. The van der Waals surface area contributed by atoms with Crippen LogP contribution in [-0.4, -0.2) is 75.3 Å². The summed E-state index contributed by atoms with van der Waals surface area (Å²) in [7, 11) is 4.29. The Hall–Kier alpha value is -0.0800. The van der Waals surface area contributed by atoms with Crippen LogP contribution in [0.4, 0.5) is 0 Å². The molecule has 1 rings (SSSR count). The second-order valence-electron chi connectivity index (χ2n) is 6.95. The number of aliphatic imine (C=N–C) groups is 1. The number of unbranched alkanes of at least 4 members (excludes halogenated alkanes) is 4. The molecule has 25 heavy (non-hydrogen) atoms. The number of ether oxygens (including phenoxy) is 1. The van der Waals surface area contributed by atoms with Gasteiger partial charge in [0.15, 0.2) is 5.96 Å². The molecule has 0 bridgehead atoms. The van der Waals surface area contributed by atoms with Crippen LogP contribution in [0.5, 0.6) is 0 Å². The fraction of sp³-hybridized carbons (Fsp3) is 0.947. The first kappa shape index (κ1) is 24.9. The third kappa shape index (κ3) is 12.0. The summed E-state index contributed by atoms with van der Waals surface area (Å²) in [6.07, 6.45) is 9.15. The minimum Gasteiger partial charge on any atom is -0.378 e. The van der Waals surface area contributed by atoms with Crippen molar-refractivity contribution in [2.24, 2.45) is 4.99 Å². The maximum absolute atomic E-state index is 5.74. The number of nitrogens with zero attached hydrogens (tertiary/aromatic N) is 3. The van der Waals surface area contributed by atoms with Crippen LogP contribution in [0.15, 0.2) is 4.99 Å². The van der Waals surface area contributed by atoms with Gasteiger partial charge in [0.1, 0.15) is 0 Å². The van der Waals surface area contributed by atoms with E-state index in [1.807, 2.05) is 0 Å². The zero-order valence-corrected chi connectivity index (χ0v) is 19.3. The second kappa shape index (κ2) is 16.1. The molecule has 0 atom stereocenters. The van der Waals surface area contributed by atoms with Crippen LogP contribution in [0.1, 0.15) is 58.8 Å². The van der Waals surface area contributed by atoms with E-state index in [9.17, 15) is 0 Å². The van der Waals surface area contributed by atoms with E-state index in [1.165, 1.54) is 38.6 Å². The Morgan fingerprint density at radius 2 is 1.72 bits per heavy atom. The average molecular weight is 468 g/mol. The smallest absolute Gasteiger partial charge is 0.193 e. The number of hydrogen-bond acceptors (Lipinski definition) is 3. The van der Waals surface area contributed by atoms with E-state index < -0.39 is 0 Å². The minimum absolute atomic E-state index is 0. The topological polar surface area (TPSA) is 40.1 Å². The molecule has 0 aromatic rings. The van der Waals surface area contributed by atoms with Gasteiger partial charge in [0.05, 0.1) is 6.10 Å². The lowest BCUT2D eigenvalue weighted by Crippen LogP contribution is -2.47. The Bertz CT molecular complexity index is 331. The van der Waals surface area contributed by atoms with Crippen molar-refractivity contribution in [3.8, 4) is 0 Å². The molecule has 5 nitrogen and oxygen atoms in total. The fourth-order valence-electron chi connectivity index (χ4n) is 3.15. The third-order valence-electron chi connectivity index (χ3n) is 4.50. The van der Waals surface area contributed by atoms with Crippen LogP contribution in [0.2, 0.25) is 0 Å². The van der Waals surface area contributed by atoms with Gasteiger partial charge in [-0.15, -0.1) is 24.0 Å². The van der Waals surface area contributed by atoms with Crippen molar-refractivity contribution in [2.45, 2.75) is 64.9 Å². The molecule has 0 radical (unpaired) electrons. The molecule has 0 aromatic carbocycles. The molecular formula is C19H41IN4O. The van der Waals surface area contributed by atoms with Crippen LogP contribution < -0.4 is 5.32 Å². The molecular weight excluding hydrogens is 427 g/mol. The van der Waals surface area contributed by atoms with Crippen LogP contribution in [0.3, 0.4) is 0 Å². The third-order valence-corrected chi connectivity index (χ3v) is 4.50. The van der Waals surface area contributed by atoms with Gasteiger partial charge in [0.2, 0.25) is 0 Å². The van der Waals surface area contributed by atoms with Crippen molar-refractivity contribution >= 4 is 29.9 Å². The highest BCUT2D eigenvalue weighted by atomic mass is 127. The molecule has 0 unspecified atom stereocenters. The molecule has 6 heteroatoms. The standard InChI is InChI=1S/C19H40N4O.HI/c1-5-20-19(23-16-12-18(13-17-23)24-6-2)21-14-10-8-7-9-11-15-22(3)4;/h18H,5-17H2,1-4H3,(H,20,21);1H. The van der Waals surface area contributed by atoms with Crippen LogP contribution in [0.25, 0.3) is 0 Å². The first-order chi connectivity index (χ1) is 11.7. The Kier molecular flexibility index (Phi) is 16.1. The zero-order valence-electron chi connectivity index (χ0n) is 16.9. The lowest BCUT2D eigenvalue weighted by molar-refractivity contribution is 0.0264. The number of nitrogens with one attached hydrogen (secondary N) is 1. The van der Waals surface area contributed by atoms with Gasteiger partial charge in [-0.3, -0.25) is 4.99 Å². The summed E-state index contributed by atoms with van der Waals surface area (Å²) in [6.45, 7) is 10.3. The molecule has 150 valence electrons. The predicted molar refractivity (Wildman–Crippen MR) is 119 cm³/mol. The fourth-order valence-corrected chi connectivity index (χ4v) is 3.15. The lowest BCUT2D eigenvalue weighted by atomic mass is 10.1. The van der Waals surface area contributed by atoms with Gasteiger partial charge in [-0.2, -0.15) is 0 Å². The van der Waals surface area contributed by atoms with Crippen LogP contribution in [-0.2, 0) is 4.74 Å². The SMILES string of the molecule is CCNC(=NCCCCCCCN(C)C)N1CCC(OCC)CC1.I. The van der Waals surface area contributed by atoms with E-state index >= 15 is 0 Å². The molecule has 1 N–H and O–H groups in total. The lowest BCUT2D eigenvalue weighted by Gasteiger charge is -2.34. The molecule has 0 aromatic heterocycles. The number of likely N-dealkylation sites (tertiary alicyclic amines) is 1. The molecule has 1 saturated heterocycles. The second-order valence-corrected chi connectivity index (χ2v) is 6.95. The molecule has 0 aliphatic carbocycles. The van der Waals surface area contributed by atoms with E-state index in [2.05, 4.69) is 43.1 Å². The van der Waals surface area contributed by atoms with E-state index in [0.717, 1.165) is 51.6 Å².